The van der Waals surface area contributed by atoms with Gasteiger partial charge in [0.1, 0.15) is 5.41 Å². The average Bonchev–Trinajstić information content (AvgIpc) is 2.50. The summed E-state index contributed by atoms with van der Waals surface area (Å²) >= 11 is 0. The molecule has 1 aromatic rings. The lowest BCUT2D eigenvalue weighted by atomic mass is 9.83. The second-order valence-corrected chi connectivity index (χ2v) is 4.76. The summed E-state index contributed by atoms with van der Waals surface area (Å²) in [6.45, 7) is 7.52. The molecule has 4 heteroatoms. The zero-order valence-electron chi connectivity index (χ0n) is 13.5. The maximum absolute atomic E-state index is 11.8. The molecule has 2 N–H and O–H groups in total. The Balaban J connectivity index is 0.00000191. The number of hydrogen-bond acceptors (Lipinski definition) is 3. The number of esters is 1. The molecule has 0 saturated carbocycles. The molecule has 0 aliphatic rings. The van der Waals surface area contributed by atoms with Crippen molar-refractivity contribution in [3.63, 3.8) is 0 Å². The van der Waals surface area contributed by atoms with Crippen LogP contribution in [0.4, 0.5) is 0 Å². The molecule has 1 unspecified atom stereocenters. The van der Waals surface area contributed by atoms with Crippen LogP contribution in [0.15, 0.2) is 30.3 Å². The zero-order valence-corrected chi connectivity index (χ0v) is 13.5. The third-order valence-corrected chi connectivity index (χ3v) is 3.25. The molecule has 0 aliphatic carbocycles. The van der Waals surface area contributed by atoms with Gasteiger partial charge in [0, 0.05) is 0 Å². The Morgan fingerprint density at radius 3 is 2.24 bits per heavy atom. The molecule has 0 aliphatic heterocycles. The van der Waals surface area contributed by atoms with Crippen molar-refractivity contribution in [2.45, 2.75) is 47.0 Å². The second-order valence-electron chi connectivity index (χ2n) is 4.76. The number of ether oxygens (including phenoxy) is 1. The molecule has 0 bridgehead atoms. The van der Waals surface area contributed by atoms with E-state index < -0.39 is 17.3 Å². The highest BCUT2D eigenvalue weighted by Crippen LogP contribution is 2.26. The van der Waals surface area contributed by atoms with E-state index in [0.717, 1.165) is 6.42 Å². The van der Waals surface area contributed by atoms with Gasteiger partial charge in [-0.3, -0.25) is 9.59 Å². The predicted molar refractivity (Wildman–Crippen MR) is 84.7 cm³/mol. The Kier molecular flexibility index (Phi) is 9.10. The van der Waals surface area contributed by atoms with Gasteiger partial charge in [-0.1, -0.05) is 44.2 Å². The lowest BCUT2D eigenvalue weighted by Gasteiger charge is -2.23. The quantitative estimate of drug-likeness (QED) is 0.620. The van der Waals surface area contributed by atoms with Crippen molar-refractivity contribution in [2.75, 3.05) is 6.61 Å². The highest BCUT2D eigenvalue weighted by molar-refractivity contribution is 6.01. The van der Waals surface area contributed by atoms with E-state index in [1.807, 2.05) is 44.2 Å². The lowest BCUT2D eigenvalue weighted by Crippen LogP contribution is -2.42. The van der Waals surface area contributed by atoms with Gasteiger partial charge in [0.25, 0.3) is 0 Å². The molecule has 0 heterocycles. The summed E-state index contributed by atoms with van der Waals surface area (Å²) in [6, 6.07) is 9.93. The summed E-state index contributed by atoms with van der Waals surface area (Å²) in [7, 11) is 0. The van der Waals surface area contributed by atoms with E-state index in [1.165, 1.54) is 5.56 Å². The first kappa shape index (κ1) is 19.2. The molecular weight excluding hydrogens is 266 g/mol. The Bertz CT molecular complexity index is 431. The van der Waals surface area contributed by atoms with Crippen LogP contribution >= 0.6 is 0 Å². The monoisotopic (exact) mass is 293 g/mol. The SMILES string of the molecule is CC.CCOC(=O)C(C)(CCCc1ccccc1)C(N)=O. The van der Waals surface area contributed by atoms with Crippen LogP contribution in [0.2, 0.25) is 0 Å². The van der Waals surface area contributed by atoms with Crippen molar-refractivity contribution in [3.8, 4) is 0 Å². The molecular formula is C17H27NO3. The van der Waals surface area contributed by atoms with Crippen LogP contribution in [0.1, 0.15) is 46.1 Å². The number of carbonyl (C=O) groups excluding carboxylic acids is 2. The van der Waals surface area contributed by atoms with Gasteiger partial charge in [-0.15, -0.1) is 0 Å². The Labute approximate surface area is 127 Å². The number of benzene rings is 1. The van der Waals surface area contributed by atoms with Crippen LogP contribution in [0.3, 0.4) is 0 Å². The maximum atomic E-state index is 11.8. The van der Waals surface area contributed by atoms with Crippen molar-refractivity contribution in [3.05, 3.63) is 35.9 Å². The Morgan fingerprint density at radius 2 is 1.76 bits per heavy atom. The van der Waals surface area contributed by atoms with E-state index in [1.54, 1.807) is 13.8 Å². The fraction of sp³-hybridized carbons (Fsp3) is 0.529. The first-order valence-corrected chi connectivity index (χ1v) is 7.51. The maximum Gasteiger partial charge on any atom is 0.321 e. The minimum Gasteiger partial charge on any atom is -0.465 e. The summed E-state index contributed by atoms with van der Waals surface area (Å²) in [5.74, 6) is -1.16. The van der Waals surface area contributed by atoms with Crippen molar-refractivity contribution in [1.82, 2.24) is 0 Å². The number of primary amides is 1. The first-order valence-electron chi connectivity index (χ1n) is 7.51. The Morgan fingerprint density at radius 1 is 1.19 bits per heavy atom. The van der Waals surface area contributed by atoms with E-state index in [9.17, 15) is 9.59 Å². The summed E-state index contributed by atoms with van der Waals surface area (Å²) in [5.41, 5.74) is 5.29. The number of carbonyl (C=O) groups is 2. The highest BCUT2D eigenvalue weighted by Gasteiger charge is 2.40. The van der Waals surface area contributed by atoms with Crippen LogP contribution in [0.25, 0.3) is 0 Å². The first-order chi connectivity index (χ1) is 10.0. The largest absolute Gasteiger partial charge is 0.465 e. The van der Waals surface area contributed by atoms with Gasteiger partial charge >= 0.3 is 5.97 Å². The van der Waals surface area contributed by atoms with Crippen molar-refractivity contribution >= 4 is 11.9 Å². The van der Waals surface area contributed by atoms with Gasteiger partial charge in [0.05, 0.1) is 6.61 Å². The number of hydrogen-bond donors (Lipinski definition) is 1. The zero-order chi connectivity index (χ0) is 16.3. The van der Waals surface area contributed by atoms with E-state index in [2.05, 4.69) is 0 Å². The fourth-order valence-electron chi connectivity index (χ4n) is 1.91. The molecule has 0 spiro atoms. The highest BCUT2D eigenvalue weighted by atomic mass is 16.5. The molecule has 4 nitrogen and oxygen atoms in total. The van der Waals surface area contributed by atoms with E-state index >= 15 is 0 Å². The topological polar surface area (TPSA) is 69.4 Å². The molecule has 21 heavy (non-hydrogen) atoms. The van der Waals surface area contributed by atoms with Crippen LogP contribution in [0, 0.1) is 5.41 Å². The molecule has 0 radical (unpaired) electrons. The molecule has 0 saturated heterocycles. The summed E-state index contributed by atoms with van der Waals surface area (Å²) < 4.78 is 4.93. The van der Waals surface area contributed by atoms with Crippen molar-refractivity contribution in [2.24, 2.45) is 11.1 Å². The number of rotatable bonds is 7. The second kappa shape index (κ2) is 9.97. The van der Waals surface area contributed by atoms with E-state index in [0.29, 0.717) is 12.8 Å². The average molecular weight is 293 g/mol. The molecule has 1 aromatic carbocycles. The van der Waals surface area contributed by atoms with E-state index in [4.69, 9.17) is 10.5 Å². The molecule has 0 fully saturated rings. The standard InChI is InChI=1S/C15H21NO3.C2H6/c1-3-19-14(18)15(2,13(16)17)11-7-10-12-8-5-4-6-9-12;1-2/h4-6,8-9H,3,7,10-11H2,1-2H3,(H2,16,17);1-2H3. The fourth-order valence-corrected chi connectivity index (χ4v) is 1.91. The third-order valence-electron chi connectivity index (χ3n) is 3.25. The molecule has 1 amide bonds. The van der Waals surface area contributed by atoms with Gasteiger partial charge in [-0.25, -0.2) is 0 Å². The van der Waals surface area contributed by atoms with E-state index in [-0.39, 0.29) is 6.61 Å². The minimum atomic E-state index is -1.23. The van der Waals surface area contributed by atoms with Gasteiger partial charge in [-0.05, 0) is 38.7 Å². The normalized spacial score (nSPS) is 12.6. The Hall–Kier alpha value is -1.84. The van der Waals surface area contributed by atoms with Crippen LogP contribution in [0.5, 0.6) is 0 Å². The summed E-state index contributed by atoms with van der Waals surface area (Å²) in [6.07, 6.45) is 1.92. The number of amides is 1. The van der Waals surface area contributed by atoms with Crippen LogP contribution < -0.4 is 5.73 Å². The number of aryl methyl sites for hydroxylation is 1. The minimum absolute atomic E-state index is 0.250. The van der Waals surface area contributed by atoms with Crippen LogP contribution in [-0.2, 0) is 20.7 Å². The van der Waals surface area contributed by atoms with Gasteiger partial charge < -0.3 is 10.5 Å². The molecule has 118 valence electrons. The molecule has 1 atom stereocenters. The van der Waals surface area contributed by atoms with Gasteiger partial charge in [-0.2, -0.15) is 0 Å². The third kappa shape index (κ3) is 5.98. The summed E-state index contributed by atoms with van der Waals surface area (Å²) in [5, 5.41) is 0. The number of nitrogens with two attached hydrogens (primary N) is 1. The molecule has 0 aromatic heterocycles. The van der Waals surface area contributed by atoms with Gasteiger partial charge in [0.2, 0.25) is 5.91 Å². The smallest absolute Gasteiger partial charge is 0.321 e. The van der Waals surface area contributed by atoms with Gasteiger partial charge in [0.15, 0.2) is 0 Å². The molecule has 1 rings (SSSR count). The lowest BCUT2D eigenvalue weighted by molar-refractivity contribution is -0.159. The van der Waals surface area contributed by atoms with Crippen LogP contribution in [-0.4, -0.2) is 18.5 Å². The predicted octanol–water partition coefficient (Wildman–Crippen LogP) is 3.09. The van der Waals surface area contributed by atoms with Crippen molar-refractivity contribution < 1.29 is 14.3 Å². The van der Waals surface area contributed by atoms with Crippen molar-refractivity contribution in [1.29, 1.82) is 0 Å². The summed E-state index contributed by atoms with van der Waals surface area (Å²) in [4.78, 5) is 23.3.